The second-order valence-corrected chi connectivity index (χ2v) is 4.20. The summed E-state index contributed by atoms with van der Waals surface area (Å²) in [4.78, 5) is 12.9. The van der Waals surface area contributed by atoms with Crippen LogP contribution in [0, 0.1) is 5.82 Å². The number of hydrogen-bond donors (Lipinski definition) is 0. The van der Waals surface area contributed by atoms with Crippen LogP contribution in [0.2, 0.25) is 0 Å². The maximum absolute atomic E-state index is 13.7. The van der Waals surface area contributed by atoms with Crippen LogP contribution in [-0.2, 0) is 0 Å². The molecule has 1 heterocycles. The summed E-state index contributed by atoms with van der Waals surface area (Å²) < 4.78 is 19.3. The van der Waals surface area contributed by atoms with Crippen molar-refractivity contribution in [1.29, 1.82) is 0 Å². The molecule has 0 aromatic heterocycles. The van der Waals surface area contributed by atoms with Crippen molar-refractivity contribution in [3.05, 3.63) is 29.6 Å². The summed E-state index contributed by atoms with van der Waals surface area (Å²) >= 11 is 0. The van der Waals surface area contributed by atoms with E-state index in [0.717, 1.165) is 26.1 Å². The van der Waals surface area contributed by atoms with Crippen LogP contribution in [0.15, 0.2) is 18.2 Å². The lowest BCUT2D eigenvalue weighted by atomic mass is 10.2. The fourth-order valence-corrected chi connectivity index (χ4v) is 2.07. The van der Waals surface area contributed by atoms with E-state index in [2.05, 4.69) is 11.8 Å². The highest BCUT2D eigenvalue weighted by Crippen LogP contribution is 2.23. The van der Waals surface area contributed by atoms with E-state index in [-0.39, 0.29) is 17.4 Å². The standard InChI is InChI=1S/C13H16FNO2/c1-2-15-7-6-11(8-15)17-12-5-3-4-10(9-16)13(12)14/h3-5,9,11H,2,6-8H2,1H3. The molecule has 1 saturated heterocycles. The lowest BCUT2D eigenvalue weighted by Crippen LogP contribution is -2.24. The van der Waals surface area contributed by atoms with Crippen molar-refractivity contribution in [3.63, 3.8) is 0 Å². The Hall–Kier alpha value is -1.42. The van der Waals surface area contributed by atoms with Gasteiger partial charge in [-0.3, -0.25) is 9.69 Å². The van der Waals surface area contributed by atoms with E-state index in [4.69, 9.17) is 4.74 Å². The number of benzene rings is 1. The molecule has 1 aliphatic heterocycles. The minimum absolute atomic E-state index is 0.0198. The minimum atomic E-state index is -0.558. The number of hydrogen-bond acceptors (Lipinski definition) is 3. The van der Waals surface area contributed by atoms with Gasteiger partial charge in [0, 0.05) is 13.1 Å². The van der Waals surface area contributed by atoms with Gasteiger partial charge in [-0.2, -0.15) is 0 Å². The van der Waals surface area contributed by atoms with Crippen LogP contribution in [0.1, 0.15) is 23.7 Å². The Morgan fingerprint density at radius 2 is 2.41 bits per heavy atom. The van der Waals surface area contributed by atoms with Gasteiger partial charge in [0.1, 0.15) is 6.10 Å². The number of ether oxygens (including phenoxy) is 1. The summed E-state index contributed by atoms with van der Waals surface area (Å²) in [5, 5.41) is 0. The van der Waals surface area contributed by atoms with Gasteiger partial charge in [-0.05, 0) is 25.1 Å². The fraction of sp³-hybridized carbons (Fsp3) is 0.462. The average molecular weight is 237 g/mol. The maximum Gasteiger partial charge on any atom is 0.175 e. The molecule has 0 N–H and O–H groups in total. The van der Waals surface area contributed by atoms with E-state index < -0.39 is 5.82 Å². The summed E-state index contributed by atoms with van der Waals surface area (Å²) in [5.74, 6) is -0.380. The highest BCUT2D eigenvalue weighted by Gasteiger charge is 2.23. The van der Waals surface area contributed by atoms with Crippen LogP contribution in [-0.4, -0.2) is 36.9 Å². The van der Waals surface area contributed by atoms with Crippen LogP contribution in [0.4, 0.5) is 4.39 Å². The van der Waals surface area contributed by atoms with E-state index in [1.165, 1.54) is 6.07 Å². The third-order valence-electron chi connectivity index (χ3n) is 3.09. The van der Waals surface area contributed by atoms with Gasteiger partial charge in [0.2, 0.25) is 0 Å². The Kier molecular flexibility index (Phi) is 3.74. The van der Waals surface area contributed by atoms with Gasteiger partial charge in [0.15, 0.2) is 17.9 Å². The summed E-state index contributed by atoms with van der Waals surface area (Å²) in [6.07, 6.45) is 1.43. The van der Waals surface area contributed by atoms with E-state index in [1.807, 2.05) is 0 Å². The van der Waals surface area contributed by atoms with Gasteiger partial charge < -0.3 is 4.74 Å². The Morgan fingerprint density at radius 1 is 1.59 bits per heavy atom. The van der Waals surface area contributed by atoms with Crippen molar-refractivity contribution < 1.29 is 13.9 Å². The van der Waals surface area contributed by atoms with Crippen molar-refractivity contribution in [2.24, 2.45) is 0 Å². The van der Waals surface area contributed by atoms with Crippen LogP contribution < -0.4 is 4.74 Å². The monoisotopic (exact) mass is 237 g/mol. The lowest BCUT2D eigenvalue weighted by Gasteiger charge is -2.15. The molecule has 1 aromatic carbocycles. The molecule has 0 spiro atoms. The summed E-state index contributed by atoms with van der Waals surface area (Å²) in [6.45, 7) is 4.88. The number of carbonyl (C=O) groups is 1. The number of halogens is 1. The highest BCUT2D eigenvalue weighted by molar-refractivity contribution is 5.76. The first-order valence-electron chi connectivity index (χ1n) is 5.87. The first kappa shape index (κ1) is 12.0. The molecule has 2 rings (SSSR count). The molecule has 1 atom stereocenters. The van der Waals surface area contributed by atoms with Gasteiger partial charge in [-0.15, -0.1) is 0 Å². The van der Waals surface area contributed by atoms with Gasteiger partial charge in [-0.25, -0.2) is 4.39 Å². The summed E-state index contributed by atoms with van der Waals surface area (Å²) in [7, 11) is 0. The van der Waals surface area contributed by atoms with Gasteiger partial charge in [-0.1, -0.05) is 13.0 Å². The fourth-order valence-electron chi connectivity index (χ4n) is 2.07. The zero-order valence-corrected chi connectivity index (χ0v) is 9.86. The smallest absolute Gasteiger partial charge is 0.175 e. The van der Waals surface area contributed by atoms with Crippen molar-refractivity contribution in [1.82, 2.24) is 4.90 Å². The molecule has 3 nitrogen and oxygen atoms in total. The Balaban J connectivity index is 2.06. The van der Waals surface area contributed by atoms with Crippen molar-refractivity contribution >= 4 is 6.29 Å². The molecule has 1 aromatic rings. The maximum atomic E-state index is 13.7. The first-order chi connectivity index (χ1) is 8.24. The number of carbonyl (C=O) groups excluding carboxylic acids is 1. The van der Waals surface area contributed by atoms with Gasteiger partial charge >= 0.3 is 0 Å². The van der Waals surface area contributed by atoms with E-state index in [1.54, 1.807) is 12.1 Å². The van der Waals surface area contributed by atoms with E-state index in [0.29, 0.717) is 6.29 Å². The minimum Gasteiger partial charge on any atom is -0.486 e. The largest absolute Gasteiger partial charge is 0.486 e. The Morgan fingerprint density at radius 3 is 3.06 bits per heavy atom. The number of aldehydes is 1. The van der Waals surface area contributed by atoms with E-state index in [9.17, 15) is 9.18 Å². The van der Waals surface area contributed by atoms with Gasteiger partial charge in [0.05, 0.1) is 5.56 Å². The van der Waals surface area contributed by atoms with Gasteiger partial charge in [0.25, 0.3) is 0 Å². The molecule has 0 bridgehead atoms. The number of rotatable bonds is 4. The molecule has 17 heavy (non-hydrogen) atoms. The van der Waals surface area contributed by atoms with Crippen LogP contribution in [0.25, 0.3) is 0 Å². The molecule has 4 heteroatoms. The molecule has 0 amide bonds. The first-order valence-corrected chi connectivity index (χ1v) is 5.87. The molecule has 0 aliphatic carbocycles. The molecule has 0 saturated carbocycles. The summed E-state index contributed by atoms with van der Waals surface area (Å²) in [5.41, 5.74) is 0.0489. The predicted octanol–water partition coefficient (Wildman–Crippen LogP) is 2.11. The Labute approximate surface area is 100 Å². The molecule has 1 fully saturated rings. The zero-order chi connectivity index (χ0) is 12.3. The predicted molar refractivity (Wildman–Crippen MR) is 62.9 cm³/mol. The third-order valence-corrected chi connectivity index (χ3v) is 3.09. The van der Waals surface area contributed by atoms with Crippen molar-refractivity contribution in [2.45, 2.75) is 19.4 Å². The van der Waals surface area contributed by atoms with Crippen molar-refractivity contribution in [2.75, 3.05) is 19.6 Å². The Bertz CT molecular complexity index is 408. The average Bonchev–Trinajstić information content (AvgIpc) is 2.79. The molecular weight excluding hydrogens is 221 g/mol. The lowest BCUT2D eigenvalue weighted by molar-refractivity contribution is 0.111. The molecular formula is C13H16FNO2. The third kappa shape index (κ3) is 2.64. The second kappa shape index (κ2) is 5.27. The number of nitrogens with zero attached hydrogens (tertiary/aromatic N) is 1. The highest BCUT2D eigenvalue weighted by atomic mass is 19.1. The number of likely N-dealkylation sites (tertiary alicyclic amines) is 1. The van der Waals surface area contributed by atoms with Crippen LogP contribution in [0.5, 0.6) is 5.75 Å². The van der Waals surface area contributed by atoms with Crippen LogP contribution in [0.3, 0.4) is 0 Å². The quantitative estimate of drug-likeness (QED) is 0.751. The molecule has 1 unspecified atom stereocenters. The SMILES string of the molecule is CCN1CCC(Oc2cccc(C=O)c2F)C1. The molecule has 92 valence electrons. The molecule has 0 radical (unpaired) electrons. The van der Waals surface area contributed by atoms with E-state index >= 15 is 0 Å². The summed E-state index contributed by atoms with van der Waals surface area (Å²) in [6, 6.07) is 4.65. The topological polar surface area (TPSA) is 29.5 Å². The van der Waals surface area contributed by atoms with Crippen molar-refractivity contribution in [3.8, 4) is 5.75 Å². The second-order valence-electron chi connectivity index (χ2n) is 4.20. The van der Waals surface area contributed by atoms with Crippen LogP contribution >= 0.6 is 0 Å². The zero-order valence-electron chi connectivity index (χ0n) is 9.86. The number of likely N-dealkylation sites (N-methyl/N-ethyl adjacent to an activating group) is 1. The molecule has 1 aliphatic rings. The normalized spacial score (nSPS) is 20.5.